The number of benzene rings is 1. The van der Waals surface area contributed by atoms with E-state index in [1.54, 1.807) is 6.07 Å². The normalized spacial score (nSPS) is 13.7. The number of thiol groups is 1. The van der Waals surface area contributed by atoms with Crippen molar-refractivity contribution in [3.8, 4) is 11.3 Å². The maximum Gasteiger partial charge on any atom is 0.227 e. The predicted molar refractivity (Wildman–Crippen MR) is 123 cm³/mol. The highest BCUT2D eigenvalue weighted by Gasteiger charge is 2.20. The van der Waals surface area contributed by atoms with Crippen LogP contribution in [0.5, 0.6) is 0 Å². The molecule has 1 N–H and O–H groups in total. The number of nitrogens with one attached hydrogen (secondary N) is 1. The number of hydrogen-bond donors (Lipinski definition) is 2. The van der Waals surface area contributed by atoms with Crippen LogP contribution in [0.3, 0.4) is 0 Å². The third-order valence-electron chi connectivity index (χ3n) is 4.89. The van der Waals surface area contributed by atoms with E-state index in [0.29, 0.717) is 17.8 Å². The number of aromatic nitrogens is 2. The molecule has 0 saturated carbocycles. The smallest absolute Gasteiger partial charge is 0.227 e. The second-order valence-electron chi connectivity index (χ2n) is 7.23. The van der Waals surface area contributed by atoms with Crippen LogP contribution >= 0.6 is 12.6 Å². The number of nitrogens with zero attached hydrogens (tertiary/aromatic N) is 4. The summed E-state index contributed by atoms with van der Waals surface area (Å²) >= 11 is 4.34. The third kappa shape index (κ3) is 4.70. The van der Waals surface area contributed by atoms with E-state index in [-0.39, 0.29) is 23.4 Å². The Labute approximate surface area is 181 Å². The fourth-order valence-corrected chi connectivity index (χ4v) is 3.60. The first-order chi connectivity index (χ1) is 14.3. The van der Waals surface area contributed by atoms with Crippen molar-refractivity contribution in [3.63, 3.8) is 0 Å². The number of aliphatic imine (C=N–C) groups is 1. The van der Waals surface area contributed by atoms with Crippen LogP contribution in [0.25, 0.3) is 11.3 Å². The van der Waals surface area contributed by atoms with Gasteiger partial charge in [0, 0.05) is 23.8 Å². The molecule has 1 aliphatic carbocycles. The molecule has 3 rings (SSSR count). The Balaban J connectivity index is 2.04. The van der Waals surface area contributed by atoms with Gasteiger partial charge in [-0.2, -0.15) is 0 Å². The van der Waals surface area contributed by atoms with Crippen molar-refractivity contribution in [2.45, 2.75) is 39.7 Å². The largest absolute Gasteiger partial charge is 0.368 e. The van der Waals surface area contributed by atoms with E-state index in [4.69, 9.17) is 0 Å². The Morgan fingerprint density at radius 3 is 2.60 bits per heavy atom. The lowest BCUT2D eigenvalue weighted by atomic mass is 10.1. The molecule has 5 nitrogen and oxygen atoms in total. The summed E-state index contributed by atoms with van der Waals surface area (Å²) < 4.78 is 29.4. The van der Waals surface area contributed by atoms with Gasteiger partial charge < -0.3 is 10.2 Å². The summed E-state index contributed by atoms with van der Waals surface area (Å²) in [5.74, 6) is -0.962. The highest BCUT2D eigenvalue weighted by atomic mass is 32.1. The monoisotopic (exact) mass is 429 g/mol. The van der Waals surface area contributed by atoms with Crippen molar-refractivity contribution in [1.82, 2.24) is 9.97 Å². The van der Waals surface area contributed by atoms with Crippen molar-refractivity contribution < 1.29 is 8.78 Å². The van der Waals surface area contributed by atoms with E-state index >= 15 is 0 Å². The summed E-state index contributed by atoms with van der Waals surface area (Å²) in [6, 6.07) is 3.02. The van der Waals surface area contributed by atoms with Crippen LogP contribution in [0.4, 0.5) is 26.1 Å². The molecule has 1 aliphatic rings. The molecule has 1 heterocycles. The molecule has 0 radical (unpaired) electrons. The molecule has 158 valence electrons. The summed E-state index contributed by atoms with van der Waals surface area (Å²) in [7, 11) is 0. The standard InChI is InChI=1S/C22H25F2N5S/c1-5-29(13(2)3)19-11-14(10-17(23)21(19)25-4)20-18(24)12-26-22(28-20)27-15-6-8-16(30)9-7-15/h6,8,10-13,30H,4-5,7,9H2,1-3H3,(H,26,27,28). The highest BCUT2D eigenvalue weighted by molar-refractivity contribution is 7.84. The minimum Gasteiger partial charge on any atom is -0.368 e. The zero-order chi connectivity index (χ0) is 21.8. The fourth-order valence-electron chi connectivity index (χ4n) is 3.41. The Kier molecular flexibility index (Phi) is 6.87. The predicted octanol–water partition coefficient (Wildman–Crippen LogP) is 5.89. The van der Waals surface area contributed by atoms with Crippen LogP contribution < -0.4 is 10.2 Å². The van der Waals surface area contributed by atoms with Crippen LogP contribution in [0.15, 0.2) is 46.1 Å². The molecule has 1 aromatic heterocycles. The van der Waals surface area contributed by atoms with Gasteiger partial charge in [-0.1, -0.05) is 6.08 Å². The topological polar surface area (TPSA) is 53.4 Å². The van der Waals surface area contributed by atoms with Crippen LogP contribution in [-0.4, -0.2) is 29.3 Å². The van der Waals surface area contributed by atoms with Gasteiger partial charge in [0.2, 0.25) is 5.95 Å². The number of allylic oxidation sites excluding steroid dienone is 4. The van der Waals surface area contributed by atoms with Gasteiger partial charge in [0.1, 0.15) is 11.4 Å². The van der Waals surface area contributed by atoms with E-state index < -0.39 is 11.6 Å². The average molecular weight is 430 g/mol. The van der Waals surface area contributed by atoms with Crippen LogP contribution in [0.1, 0.15) is 33.6 Å². The molecule has 0 spiro atoms. The van der Waals surface area contributed by atoms with Gasteiger partial charge in [0.05, 0.1) is 11.9 Å². The highest BCUT2D eigenvalue weighted by Crippen LogP contribution is 2.37. The summed E-state index contributed by atoms with van der Waals surface area (Å²) in [6.07, 6.45) is 6.44. The molecule has 8 heteroatoms. The lowest BCUT2D eigenvalue weighted by molar-refractivity contribution is 0.615. The zero-order valence-corrected chi connectivity index (χ0v) is 18.2. The van der Waals surface area contributed by atoms with Crippen LogP contribution in [-0.2, 0) is 0 Å². The Morgan fingerprint density at radius 2 is 2.00 bits per heavy atom. The molecular weight excluding hydrogens is 404 g/mol. The molecule has 0 atom stereocenters. The fraction of sp³-hybridized carbons (Fsp3) is 0.318. The Bertz CT molecular complexity index is 1020. The van der Waals surface area contributed by atoms with Gasteiger partial charge in [-0.05, 0) is 63.4 Å². The molecule has 0 bridgehead atoms. The molecule has 0 aliphatic heterocycles. The van der Waals surface area contributed by atoms with E-state index in [1.807, 2.05) is 37.8 Å². The SMILES string of the molecule is C=Nc1c(F)cc(-c2nc(NC3=CC=C(S)CC3)ncc2F)cc1N(CC)C(C)C. The van der Waals surface area contributed by atoms with Gasteiger partial charge >= 0.3 is 0 Å². The quantitative estimate of drug-likeness (QED) is 0.426. The molecule has 30 heavy (non-hydrogen) atoms. The van der Waals surface area contributed by atoms with Gasteiger partial charge in [0.15, 0.2) is 11.6 Å². The first kappa shape index (κ1) is 22.0. The van der Waals surface area contributed by atoms with Gasteiger partial charge in [-0.25, -0.2) is 18.7 Å². The van der Waals surface area contributed by atoms with Gasteiger partial charge in [-0.3, -0.25) is 4.99 Å². The maximum absolute atomic E-state index is 14.8. The molecule has 0 saturated heterocycles. The summed E-state index contributed by atoms with van der Waals surface area (Å²) in [4.78, 5) is 15.2. The second-order valence-corrected chi connectivity index (χ2v) is 7.80. The average Bonchev–Trinajstić information content (AvgIpc) is 2.71. The van der Waals surface area contributed by atoms with Crippen molar-refractivity contribution in [2.75, 3.05) is 16.8 Å². The summed E-state index contributed by atoms with van der Waals surface area (Å²) in [5, 5.41) is 3.10. The maximum atomic E-state index is 14.8. The lowest BCUT2D eigenvalue weighted by Gasteiger charge is -2.29. The third-order valence-corrected chi connectivity index (χ3v) is 5.26. The van der Waals surface area contributed by atoms with E-state index in [1.165, 1.54) is 6.07 Å². The lowest BCUT2D eigenvalue weighted by Crippen LogP contribution is -2.30. The van der Waals surface area contributed by atoms with Crippen molar-refractivity contribution in [3.05, 3.63) is 52.7 Å². The number of hydrogen-bond acceptors (Lipinski definition) is 6. The first-order valence-electron chi connectivity index (χ1n) is 9.79. The Hall–Kier alpha value is -2.74. The summed E-state index contributed by atoms with van der Waals surface area (Å²) in [5.41, 5.74) is 1.92. The minimum atomic E-state index is -0.632. The molecule has 2 aromatic rings. The second kappa shape index (κ2) is 9.38. The minimum absolute atomic E-state index is 0.0184. The van der Waals surface area contributed by atoms with Crippen molar-refractivity contribution in [2.24, 2.45) is 4.99 Å². The Morgan fingerprint density at radius 1 is 1.23 bits per heavy atom. The van der Waals surface area contributed by atoms with Crippen LogP contribution in [0, 0.1) is 11.6 Å². The first-order valence-corrected chi connectivity index (χ1v) is 10.2. The van der Waals surface area contributed by atoms with Gasteiger partial charge in [0.25, 0.3) is 0 Å². The number of rotatable bonds is 7. The van der Waals surface area contributed by atoms with Crippen LogP contribution in [0.2, 0.25) is 0 Å². The van der Waals surface area contributed by atoms with E-state index in [2.05, 4.69) is 39.6 Å². The molecule has 0 amide bonds. The number of halogens is 2. The van der Waals surface area contributed by atoms with Gasteiger partial charge in [-0.15, -0.1) is 12.6 Å². The molecular formula is C22H25F2N5S. The molecule has 1 aromatic carbocycles. The molecule has 0 unspecified atom stereocenters. The van der Waals surface area contributed by atoms with Crippen molar-refractivity contribution in [1.29, 1.82) is 0 Å². The number of anilines is 2. The van der Waals surface area contributed by atoms with E-state index in [0.717, 1.165) is 29.6 Å². The summed E-state index contributed by atoms with van der Waals surface area (Å²) in [6.45, 7) is 10.1. The molecule has 0 fully saturated rings. The van der Waals surface area contributed by atoms with Crippen molar-refractivity contribution >= 4 is 36.7 Å². The zero-order valence-electron chi connectivity index (χ0n) is 17.3. The van der Waals surface area contributed by atoms with E-state index in [9.17, 15) is 8.78 Å².